The molecule has 6 heteroatoms. The average molecular weight is 347 g/mol. The Balaban J connectivity index is 1.85. The van der Waals surface area contributed by atoms with Crippen molar-refractivity contribution in [3.8, 4) is 5.75 Å². The number of carboxylic acids is 1. The van der Waals surface area contributed by atoms with Gasteiger partial charge >= 0.3 is 5.97 Å². The van der Waals surface area contributed by atoms with Gasteiger partial charge in [-0.1, -0.05) is 0 Å². The number of hydrogen-bond acceptors (Lipinski definition) is 4. The number of halogens is 1. The van der Waals surface area contributed by atoms with Crippen molar-refractivity contribution in [2.45, 2.75) is 19.3 Å². The minimum atomic E-state index is -0.961. The van der Waals surface area contributed by atoms with Gasteiger partial charge in [0.2, 0.25) is 0 Å². The molecule has 1 N–H and O–H groups in total. The SMILES string of the molecule is O=C(O)c1ccc(N=Nc2ccc(OCCCCCCl)cc2)cc1. The molecule has 5 nitrogen and oxygen atoms in total. The lowest BCUT2D eigenvalue weighted by Gasteiger charge is -2.05. The van der Waals surface area contributed by atoms with Crippen LogP contribution in [0.3, 0.4) is 0 Å². The first-order valence-electron chi connectivity index (χ1n) is 7.73. The van der Waals surface area contributed by atoms with Crippen molar-refractivity contribution in [1.82, 2.24) is 0 Å². The first-order chi connectivity index (χ1) is 11.7. The van der Waals surface area contributed by atoms with E-state index in [1.807, 2.05) is 24.3 Å². The van der Waals surface area contributed by atoms with E-state index in [2.05, 4.69) is 10.2 Å². The van der Waals surface area contributed by atoms with E-state index in [9.17, 15) is 4.79 Å². The fraction of sp³-hybridized carbons (Fsp3) is 0.278. The average Bonchev–Trinajstić information content (AvgIpc) is 2.61. The maximum absolute atomic E-state index is 10.8. The molecule has 0 spiro atoms. The van der Waals surface area contributed by atoms with Gasteiger partial charge in [-0.15, -0.1) is 11.6 Å². The molecule has 0 aliphatic heterocycles. The van der Waals surface area contributed by atoms with Crippen LogP contribution in [0.2, 0.25) is 0 Å². The largest absolute Gasteiger partial charge is 0.494 e. The summed E-state index contributed by atoms with van der Waals surface area (Å²) >= 11 is 5.62. The molecule has 0 aliphatic carbocycles. The molecule has 0 radical (unpaired) electrons. The van der Waals surface area contributed by atoms with Gasteiger partial charge in [0.15, 0.2) is 0 Å². The zero-order valence-electron chi connectivity index (χ0n) is 13.2. The van der Waals surface area contributed by atoms with Crippen LogP contribution in [-0.4, -0.2) is 23.6 Å². The van der Waals surface area contributed by atoms with Crippen LogP contribution in [-0.2, 0) is 0 Å². The third-order valence-corrected chi connectivity index (χ3v) is 3.55. The molecular weight excluding hydrogens is 328 g/mol. The number of nitrogens with zero attached hydrogens (tertiary/aromatic N) is 2. The molecular formula is C18H19ClN2O3. The van der Waals surface area contributed by atoms with Crippen molar-refractivity contribution in [2.24, 2.45) is 10.2 Å². The summed E-state index contributed by atoms with van der Waals surface area (Å²) in [6, 6.07) is 13.6. The predicted molar refractivity (Wildman–Crippen MR) is 94.1 cm³/mol. The van der Waals surface area contributed by atoms with E-state index in [0.29, 0.717) is 23.9 Å². The molecule has 2 aromatic carbocycles. The van der Waals surface area contributed by atoms with Crippen LogP contribution < -0.4 is 4.74 Å². The summed E-state index contributed by atoms with van der Waals surface area (Å²) < 4.78 is 5.63. The maximum Gasteiger partial charge on any atom is 0.335 e. The first-order valence-corrected chi connectivity index (χ1v) is 8.26. The topological polar surface area (TPSA) is 71.2 Å². The summed E-state index contributed by atoms with van der Waals surface area (Å²) in [6.45, 7) is 0.674. The van der Waals surface area contributed by atoms with Gasteiger partial charge < -0.3 is 9.84 Å². The van der Waals surface area contributed by atoms with Crippen LogP contribution in [0.15, 0.2) is 58.8 Å². The number of ether oxygens (including phenoxy) is 1. The van der Waals surface area contributed by atoms with E-state index in [4.69, 9.17) is 21.4 Å². The quantitative estimate of drug-likeness (QED) is 0.365. The van der Waals surface area contributed by atoms with E-state index >= 15 is 0 Å². The molecule has 126 valence electrons. The Morgan fingerprint density at radius 2 is 1.50 bits per heavy atom. The van der Waals surface area contributed by atoms with Crippen molar-refractivity contribution >= 4 is 28.9 Å². The number of unbranched alkanes of at least 4 members (excludes halogenated alkanes) is 2. The van der Waals surface area contributed by atoms with Crippen molar-refractivity contribution < 1.29 is 14.6 Å². The predicted octanol–water partition coefficient (Wildman–Crippen LogP) is 5.59. The lowest BCUT2D eigenvalue weighted by Crippen LogP contribution is -1.96. The van der Waals surface area contributed by atoms with Crippen molar-refractivity contribution in [2.75, 3.05) is 12.5 Å². The first kappa shape index (κ1) is 17.9. The highest BCUT2D eigenvalue weighted by Crippen LogP contribution is 2.21. The van der Waals surface area contributed by atoms with E-state index in [0.717, 1.165) is 25.0 Å². The summed E-state index contributed by atoms with van der Waals surface area (Å²) in [5.41, 5.74) is 1.52. The summed E-state index contributed by atoms with van der Waals surface area (Å²) in [5.74, 6) is 0.529. The van der Waals surface area contributed by atoms with Crippen LogP contribution in [0, 0.1) is 0 Å². The summed E-state index contributed by atoms with van der Waals surface area (Å²) in [6.07, 6.45) is 3.06. The second-order valence-corrected chi connectivity index (χ2v) is 5.52. The van der Waals surface area contributed by atoms with Gasteiger partial charge in [-0.25, -0.2) is 4.79 Å². The van der Waals surface area contributed by atoms with E-state index < -0.39 is 5.97 Å². The minimum absolute atomic E-state index is 0.224. The zero-order valence-corrected chi connectivity index (χ0v) is 13.9. The zero-order chi connectivity index (χ0) is 17.2. The highest BCUT2D eigenvalue weighted by molar-refractivity contribution is 6.17. The van der Waals surface area contributed by atoms with Gasteiger partial charge in [0.25, 0.3) is 0 Å². The van der Waals surface area contributed by atoms with Crippen molar-refractivity contribution in [3.05, 3.63) is 54.1 Å². The number of hydrogen-bond donors (Lipinski definition) is 1. The Hall–Kier alpha value is -2.40. The Kier molecular flexibility index (Phi) is 7.23. The molecule has 0 heterocycles. The number of benzene rings is 2. The maximum atomic E-state index is 10.8. The molecule has 0 unspecified atom stereocenters. The Labute approximate surface area is 145 Å². The number of carboxylic acid groups (broad SMARTS) is 1. The molecule has 0 aromatic heterocycles. The number of azo groups is 1. The molecule has 0 amide bonds. The molecule has 24 heavy (non-hydrogen) atoms. The highest BCUT2D eigenvalue weighted by atomic mass is 35.5. The lowest BCUT2D eigenvalue weighted by molar-refractivity contribution is 0.0697. The van der Waals surface area contributed by atoms with Crippen LogP contribution in [0.25, 0.3) is 0 Å². The molecule has 0 saturated heterocycles. The number of carbonyl (C=O) groups is 1. The van der Waals surface area contributed by atoms with E-state index in [-0.39, 0.29) is 5.56 Å². The monoisotopic (exact) mass is 346 g/mol. The van der Waals surface area contributed by atoms with Crippen LogP contribution >= 0.6 is 11.6 Å². The lowest BCUT2D eigenvalue weighted by atomic mass is 10.2. The number of alkyl halides is 1. The smallest absolute Gasteiger partial charge is 0.335 e. The van der Waals surface area contributed by atoms with Crippen LogP contribution in [0.5, 0.6) is 5.75 Å². The summed E-state index contributed by atoms with van der Waals surface area (Å²) in [7, 11) is 0. The van der Waals surface area contributed by atoms with Crippen molar-refractivity contribution in [1.29, 1.82) is 0 Å². The molecule has 0 aliphatic rings. The fourth-order valence-corrected chi connectivity index (χ4v) is 2.15. The standard InChI is InChI=1S/C18H19ClN2O3/c19-12-2-1-3-13-24-17-10-8-16(9-11-17)21-20-15-6-4-14(5-7-15)18(22)23/h4-11H,1-3,12-13H2,(H,22,23). The number of aromatic carboxylic acids is 1. The molecule has 0 fully saturated rings. The molecule has 2 aromatic rings. The molecule has 0 saturated carbocycles. The Bertz CT molecular complexity index is 670. The normalized spacial score (nSPS) is 10.9. The van der Waals surface area contributed by atoms with E-state index in [1.54, 1.807) is 12.1 Å². The Morgan fingerprint density at radius 1 is 0.917 bits per heavy atom. The molecule has 0 atom stereocenters. The third-order valence-electron chi connectivity index (χ3n) is 3.28. The minimum Gasteiger partial charge on any atom is -0.494 e. The van der Waals surface area contributed by atoms with E-state index in [1.165, 1.54) is 12.1 Å². The van der Waals surface area contributed by atoms with Crippen molar-refractivity contribution in [3.63, 3.8) is 0 Å². The second kappa shape index (κ2) is 9.67. The highest BCUT2D eigenvalue weighted by Gasteiger charge is 2.01. The van der Waals surface area contributed by atoms with Gasteiger partial charge in [-0.05, 0) is 67.8 Å². The van der Waals surface area contributed by atoms with Gasteiger partial charge in [0.05, 0.1) is 23.5 Å². The fourth-order valence-electron chi connectivity index (χ4n) is 1.96. The van der Waals surface area contributed by atoms with Gasteiger partial charge in [-0.3, -0.25) is 0 Å². The van der Waals surface area contributed by atoms with Gasteiger partial charge in [-0.2, -0.15) is 10.2 Å². The van der Waals surface area contributed by atoms with Gasteiger partial charge in [0, 0.05) is 5.88 Å². The summed E-state index contributed by atoms with van der Waals surface area (Å²) in [4.78, 5) is 10.8. The summed E-state index contributed by atoms with van der Waals surface area (Å²) in [5, 5.41) is 17.0. The van der Waals surface area contributed by atoms with Crippen LogP contribution in [0.4, 0.5) is 11.4 Å². The number of rotatable bonds is 9. The second-order valence-electron chi connectivity index (χ2n) is 5.14. The Morgan fingerprint density at radius 3 is 2.04 bits per heavy atom. The molecule has 2 rings (SSSR count). The van der Waals surface area contributed by atoms with Crippen LogP contribution in [0.1, 0.15) is 29.6 Å². The van der Waals surface area contributed by atoms with Gasteiger partial charge in [0.1, 0.15) is 5.75 Å². The third kappa shape index (κ3) is 6.01. The molecule has 0 bridgehead atoms.